The third kappa shape index (κ3) is 10.3. The summed E-state index contributed by atoms with van der Waals surface area (Å²) in [5.74, 6) is -0.420. The van der Waals surface area contributed by atoms with Gasteiger partial charge < -0.3 is 20.3 Å². The molecule has 0 atom stereocenters. The van der Waals surface area contributed by atoms with Gasteiger partial charge in [0.2, 0.25) is 0 Å². The lowest BCUT2D eigenvalue weighted by molar-refractivity contribution is -0.141. The second-order valence-electron chi connectivity index (χ2n) is 4.70. The summed E-state index contributed by atoms with van der Waals surface area (Å²) in [6.07, 6.45) is 1.96. The molecule has 2 amide bonds. The van der Waals surface area contributed by atoms with Crippen molar-refractivity contribution in [1.29, 1.82) is 0 Å². The minimum Gasteiger partial charge on any atom is -0.465 e. The first-order chi connectivity index (χ1) is 8.97. The molecule has 19 heavy (non-hydrogen) atoms. The zero-order chi connectivity index (χ0) is 14.7. The molecule has 0 aromatic heterocycles. The Morgan fingerprint density at radius 3 is 2.47 bits per heavy atom. The molecule has 0 aliphatic heterocycles. The van der Waals surface area contributed by atoms with Crippen LogP contribution in [0, 0.1) is 0 Å². The Hall–Kier alpha value is -1.30. The number of nitrogens with zero attached hydrogens (tertiary/aromatic N) is 1. The van der Waals surface area contributed by atoms with Crippen LogP contribution in [0.4, 0.5) is 4.79 Å². The molecule has 0 aromatic carbocycles. The van der Waals surface area contributed by atoms with Gasteiger partial charge in [-0.1, -0.05) is 0 Å². The van der Waals surface area contributed by atoms with E-state index in [-0.39, 0.29) is 12.6 Å². The molecular weight excluding hydrogens is 246 g/mol. The maximum Gasteiger partial charge on any atom is 0.325 e. The number of rotatable bonds is 9. The van der Waals surface area contributed by atoms with Crippen LogP contribution in [-0.4, -0.2) is 56.2 Å². The molecular formula is C13H27N3O3. The maximum absolute atomic E-state index is 11.3. The number of amides is 2. The van der Waals surface area contributed by atoms with Crippen LogP contribution >= 0.6 is 0 Å². The summed E-state index contributed by atoms with van der Waals surface area (Å²) in [7, 11) is 2.09. The molecule has 0 saturated heterocycles. The van der Waals surface area contributed by atoms with Gasteiger partial charge in [0.1, 0.15) is 6.54 Å². The van der Waals surface area contributed by atoms with Gasteiger partial charge in [-0.15, -0.1) is 0 Å². The van der Waals surface area contributed by atoms with Gasteiger partial charge in [0.25, 0.3) is 0 Å². The highest BCUT2D eigenvalue weighted by Crippen LogP contribution is 1.97. The van der Waals surface area contributed by atoms with Gasteiger partial charge in [0.15, 0.2) is 0 Å². The summed E-state index contributed by atoms with van der Waals surface area (Å²) in [6.45, 7) is 7.90. The van der Waals surface area contributed by atoms with Crippen LogP contribution in [0.3, 0.4) is 0 Å². The minimum absolute atomic E-state index is 0.0875. The molecule has 0 aliphatic carbocycles. The fraction of sp³-hybridized carbons (Fsp3) is 0.846. The Morgan fingerprint density at radius 2 is 1.89 bits per heavy atom. The molecule has 0 aliphatic rings. The van der Waals surface area contributed by atoms with Crippen molar-refractivity contribution in [1.82, 2.24) is 15.5 Å². The van der Waals surface area contributed by atoms with Gasteiger partial charge in [-0.2, -0.15) is 0 Å². The van der Waals surface area contributed by atoms with Crippen LogP contribution < -0.4 is 10.6 Å². The fourth-order valence-corrected chi connectivity index (χ4v) is 1.37. The van der Waals surface area contributed by atoms with E-state index in [2.05, 4.69) is 36.4 Å². The zero-order valence-electron chi connectivity index (χ0n) is 12.5. The SMILES string of the molecule is CCOC(=O)CNC(=O)NCCCCN(C)C(C)C. The van der Waals surface area contributed by atoms with Crippen molar-refractivity contribution >= 4 is 12.0 Å². The normalized spacial score (nSPS) is 10.6. The predicted molar refractivity (Wildman–Crippen MR) is 75.0 cm³/mol. The van der Waals surface area contributed by atoms with E-state index in [9.17, 15) is 9.59 Å². The van der Waals surface area contributed by atoms with Gasteiger partial charge in [0.05, 0.1) is 6.61 Å². The lowest BCUT2D eigenvalue weighted by Gasteiger charge is -2.20. The minimum atomic E-state index is -0.420. The van der Waals surface area contributed by atoms with Crippen LogP contribution in [0.2, 0.25) is 0 Å². The first-order valence-corrected chi connectivity index (χ1v) is 6.85. The van der Waals surface area contributed by atoms with Crippen LogP contribution in [0.5, 0.6) is 0 Å². The summed E-state index contributed by atoms with van der Waals surface area (Å²) >= 11 is 0. The van der Waals surface area contributed by atoms with Crippen molar-refractivity contribution in [3.63, 3.8) is 0 Å². The summed E-state index contributed by atoms with van der Waals surface area (Å²) < 4.78 is 4.70. The average molecular weight is 273 g/mol. The quantitative estimate of drug-likeness (QED) is 0.485. The fourth-order valence-electron chi connectivity index (χ4n) is 1.37. The number of esters is 1. The largest absolute Gasteiger partial charge is 0.465 e. The third-order valence-corrected chi connectivity index (χ3v) is 2.80. The number of urea groups is 1. The van der Waals surface area contributed by atoms with E-state index in [1.165, 1.54) is 0 Å². The van der Waals surface area contributed by atoms with Crippen molar-refractivity contribution in [2.45, 2.75) is 39.7 Å². The van der Waals surface area contributed by atoms with E-state index in [1.54, 1.807) is 6.92 Å². The Morgan fingerprint density at radius 1 is 1.21 bits per heavy atom. The molecule has 2 N–H and O–H groups in total. The van der Waals surface area contributed by atoms with Crippen molar-refractivity contribution in [2.75, 3.05) is 33.3 Å². The van der Waals surface area contributed by atoms with E-state index >= 15 is 0 Å². The van der Waals surface area contributed by atoms with E-state index < -0.39 is 5.97 Å². The van der Waals surface area contributed by atoms with Crippen LogP contribution in [0.1, 0.15) is 33.6 Å². The molecule has 0 heterocycles. The molecule has 0 rings (SSSR count). The van der Waals surface area contributed by atoms with E-state index in [1.807, 2.05) is 0 Å². The highest BCUT2D eigenvalue weighted by molar-refractivity contribution is 5.80. The lowest BCUT2D eigenvalue weighted by Crippen LogP contribution is -2.39. The van der Waals surface area contributed by atoms with E-state index in [0.29, 0.717) is 19.2 Å². The molecule has 0 spiro atoms. The molecule has 0 bridgehead atoms. The average Bonchev–Trinajstić information content (AvgIpc) is 2.36. The van der Waals surface area contributed by atoms with Crippen molar-refractivity contribution in [3.05, 3.63) is 0 Å². The maximum atomic E-state index is 11.3. The third-order valence-electron chi connectivity index (χ3n) is 2.80. The predicted octanol–water partition coefficient (Wildman–Crippen LogP) is 0.969. The first kappa shape index (κ1) is 17.7. The van der Waals surface area contributed by atoms with Crippen LogP contribution in [0.25, 0.3) is 0 Å². The Kier molecular flexibility index (Phi) is 9.88. The molecule has 0 saturated carbocycles. The monoisotopic (exact) mass is 273 g/mol. The standard InChI is InChI=1S/C13H27N3O3/c1-5-19-12(17)10-15-13(18)14-8-6-7-9-16(4)11(2)3/h11H,5-10H2,1-4H3,(H2,14,15,18). The highest BCUT2D eigenvalue weighted by atomic mass is 16.5. The van der Waals surface area contributed by atoms with Gasteiger partial charge in [0, 0.05) is 12.6 Å². The number of carbonyl (C=O) groups excluding carboxylic acids is 2. The second kappa shape index (κ2) is 10.6. The molecule has 6 nitrogen and oxygen atoms in total. The van der Waals surface area contributed by atoms with Crippen molar-refractivity contribution in [3.8, 4) is 0 Å². The summed E-state index contributed by atoms with van der Waals surface area (Å²) in [5.41, 5.74) is 0. The molecule has 6 heteroatoms. The smallest absolute Gasteiger partial charge is 0.325 e. The highest BCUT2D eigenvalue weighted by Gasteiger charge is 2.05. The molecule has 0 unspecified atom stereocenters. The first-order valence-electron chi connectivity index (χ1n) is 6.85. The second-order valence-corrected chi connectivity index (χ2v) is 4.70. The van der Waals surface area contributed by atoms with Crippen LogP contribution in [0.15, 0.2) is 0 Å². The summed E-state index contributed by atoms with van der Waals surface area (Å²) in [6, 6.07) is 0.214. The molecule has 0 fully saturated rings. The Labute approximate surface area is 115 Å². The zero-order valence-corrected chi connectivity index (χ0v) is 12.5. The van der Waals surface area contributed by atoms with E-state index in [4.69, 9.17) is 4.74 Å². The van der Waals surface area contributed by atoms with Gasteiger partial charge in [-0.3, -0.25) is 4.79 Å². The van der Waals surface area contributed by atoms with Gasteiger partial charge in [-0.25, -0.2) is 4.79 Å². The molecule has 0 radical (unpaired) electrons. The van der Waals surface area contributed by atoms with Gasteiger partial charge >= 0.3 is 12.0 Å². The number of ether oxygens (including phenoxy) is 1. The Balaban J connectivity index is 3.46. The number of carbonyl (C=O) groups is 2. The lowest BCUT2D eigenvalue weighted by atomic mass is 10.2. The number of hydrogen-bond donors (Lipinski definition) is 2. The molecule has 0 aromatic rings. The topological polar surface area (TPSA) is 70.7 Å². The summed E-state index contributed by atoms with van der Waals surface area (Å²) in [5, 5.41) is 5.16. The number of nitrogens with one attached hydrogen (secondary N) is 2. The van der Waals surface area contributed by atoms with Crippen molar-refractivity contribution < 1.29 is 14.3 Å². The van der Waals surface area contributed by atoms with Gasteiger partial charge in [-0.05, 0) is 47.2 Å². The number of hydrogen-bond acceptors (Lipinski definition) is 4. The van der Waals surface area contributed by atoms with E-state index in [0.717, 1.165) is 19.4 Å². The van der Waals surface area contributed by atoms with Crippen LogP contribution in [-0.2, 0) is 9.53 Å². The van der Waals surface area contributed by atoms with Crippen molar-refractivity contribution in [2.24, 2.45) is 0 Å². The number of unbranched alkanes of at least 4 members (excludes halogenated alkanes) is 1. The molecule has 112 valence electrons. The summed E-state index contributed by atoms with van der Waals surface area (Å²) in [4.78, 5) is 24.6. The Bertz CT molecular complexity index is 270.